The molecule has 0 aromatic heterocycles. The van der Waals surface area contributed by atoms with Crippen LogP contribution in [0.15, 0.2) is 30.3 Å². The third kappa shape index (κ3) is 10.1. The lowest BCUT2D eigenvalue weighted by Gasteiger charge is -2.24. The zero-order valence-electron chi connectivity index (χ0n) is 19.0. The molecule has 4 unspecified atom stereocenters. The molecule has 8 N–H and O–H groups in total. The van der Waals surface area contributed by atoms with Gasteiger partial charge in [-0.25, -0.2) is 4.79 Å². The number of nitrogens with one attached hydrogen (secondary N) is 3. The minimum atomic E-state index is -1.52. The molecule has 33 heavy (non-hydrogen) atoms. The molecule has 0 radical (unpaired) electrons. The van der Waals surface area contributed by atoms with Crippen LogP contribution in [-0.4, -0.2) is 58.9 Å². The number of carbonyl (C=O) groups excluding carboxylic acids is 4. The van der Waals surface area contributed by atoms with E-state index in [0.29, 0.717) is 6.42 Å². The predicted molar refractivity (Wildman–Crippen MR) is 120 cm³/mol. The van der Waals surface area contributed by atoms with Gasteiger partial charge in [-0.05, 0) is 31.2 Å². The minimum Gasteiger partial charge on any atom is -0.480 e. The summed E-state index contributed by atoms with van der Waals surface area (Å²) in [6, 6.07) is 4.73. The van der Waals surface area contributed by atoms with Crippen molar-refractivity contribution in [3.05, 3.63) is 35.9 Å². The predicted octanol–water partition coefficient (Wildman–Crippen LogP) is -0.963. The lowest BCUT2D eigenvalue weighted by atomic mass is 10.0. The van der Waals surface area contributed by atoms with Gasteiger partial charge in [0.05, 0.1) is 12.5 Å². The van der Waals surface area contributed by atoms with Gasteiger partial charge < -0.3 is 32.5 Å². The molecule has 1 aromatic rings. The average molecular weight is 464 g/mol. The van der Waals surface area contributed by atoms with Gasteiger partial charge in [0.1, 0.15) is 18.1 Å². The van der Waals surface area contributed by atoms with Crippen LogP contribution in [0.25, 0.3) is 0 Å². The number of benzene rings is 1. The Morgan fingerprint density at radius 1 is 0.879 bits per heavy atom. The fourth-order valence-corrected chi connectivity index (χ4v) is 3.02. The molecule has 0 saturated carbocycles. The molecule has 11 heteroatoms. The van der Waals surface area contributed by atoms with E-state index in [0.717, 1.165) is 5.56 Å². The number of nitrogens with two attached hydrogens (primary N) is 2. The summed E-state index contributed by atoms with van der Waals surface area (Å²) in [5.41, 5.74) is 11.9. The Balaban J connectivity index is 2.77. The lowest BCUT2D eigenvalue weighted by Crippen LogP contribution is -2.57. The fraction of sp³-hybridized carbons (Fsp3) is 0.500. The van der Waals surface area contributed by atoms with Gasteiger partial charge in [0.25, 0.3) is 0 Å². The maximum atomic E-state index is 12.8. The van der Waals surface area contributed by atoms with Crippen molar-refractivity contribution in [1.29, 1.82) is 0 Å². The van der Waals surface area contributed by atoms with Crippen LogP contribution in [0.2, 0.25) is 0 Å². The number of hydrogen-bond acceptors (Lipinski definition) is 6. The van der Waals surface area contributed by atoms with Gasteiger partial charge >= 0.3 is 5.97 Å². The molecule has 0 bridgehead atoms. The highest BCUT2D eigenvalue weighted by atomic mass is 16.4. The van der Waals surface area contributed by atoms with Crippen molar-refractivity contribution < 1.29 is 29.1 Å². The summed E-state index contributed by atoms with van der Waals surface area (Å²) >= 11 is 0. The fourth-order valence-electron chi connectivity index (χ4n) is 3.02. The zero-order valence-corrected chi connectivity index (χ0v) is 19.0. The molecule has 0 spiro atoms. The number of primary amides is 1. The van der Waals surface area contributed by atoms with Gasteiger partial charge in [0.15, 0.2) is 0 Å². The first-order chi connectivity index (χ1) is 15.4. The second kappa shape index (κ2) is 13.2. The Kier molecular flexibility index (Phi) is 11.0. The highest BCUT2D eigenvalue weighted by Gasteiger charge is 2.29. The maximum absolute atomic E-state index is 12.8. The van der Waals surface area contributed by atoms with E-state index in [1.807, 2.05) is 44.2 Å². The van der Waals surface area contributed by atoms with Crippen LogP contribution < -0.4 is 27.4 Å². The molecule has 1 aromatic carbocycles. The SMILES string of the molecule is CC(C)CC(NC(=O)C(N)Cc1ccccc1)C(=O)NC(C)C(=O)NC(CC(N)=O)C(=O)O. The van der Waals surface area contributed by atoms with Crippen LogP contribution in [0.3, 0.4) is 0 Å². The normalized spacial score (nSPS) is 14.5. The maximum Gasteiger partial charge on any atom is 0.326 e. The highest BCUT2D eigenvalue weighted by molar-refractivity contribution is 5.94. The van der Waals surface area contributed by atoms with E-state index < -0.39 is 60.2 Å². The quantitative estimate of drug-likeness (QED) is 0.217. The number of carboxylic acid groups (broad SMARTS) is 1. The van der Waals surface area contributed by atoms with E-state index in [4.69, 9.17) is 16.6 Å². The molecule has 0 saturated heterocycles. The topological polar surface area (TPSA) is 194 Å². The second-order valence-electron chi connectivity index (χ2n) is 8.29. The van der Waals surface area contributed by atoms with E-state index in [1.165, 1.54) is 6.92 Å². The smallest absolute Gasteiger partial charge is 0.326 e. The largest absolute Gasteiger partial charge is 0.480 e. The van der Waals surface area contributed by atoms with Crippen LogP contribution in [0, 0.1) is 5.92 Å². The molecule has 0 aliphatic heterocycles. The molecule has 0 aliphatic carbocycles. The average Bonchev–Trinajstić information content (AvgIpc) is 2.72. The molecule has 1 rings (SSSR count). The van der Waals surface area contributed by atoms with Crippen molar-refractivity contribution >= 4 is 29.6 Å². The van der Waals surface area contributed by atoms with Gasteiger partial charge in [-0.2, -0.15) is 0 Å². The third-order valence-corrected chi connectivity index (χ3v) is 4.75. The van der Waals surface area contributed by atoms with Gasteiger partial charge in [0.2, 0.25) is 23.6 Å². The standard InChI is InChI=1S/C22H33N5O6/c1-12(2)9-16(26-20(30)15(23)10-14-7-5-4-6-8-14)21(31)25-13(3)19(29)27-17(22(32)33)11-18(24)28/h4-8,12-13,15-17H,9-11,23H2,1-3H3,(H2,24,28)(H,25,31)(H,26,30)(H,27,29)(H,32,33). The summed E-state index contributed by atoms with van der Waals surface area (Å²) in [5.74, 6) is -4.23. The first kappa shape index (κ1) is 27.6. The summed E-state index contributed by atoms with van der Waals surface area (Å²) in [6.45, 7) is 5.09. The first-order valence-corrected chi connectivity index (χ1v) is 10.6. The number of amides is 4. The Bertz CT molecular complexity index is 845. The molecule has 11 nitrogen and oxygen atoms in total. The van der Waals surface area contributed by atoms with Crippen LogP contribution >= 0.6 is 0 Å². The number of rotatable bonds is 13. The van der Waals surface area contributed by atoms with Crippen molar-refractivity contribution in [3.8, 4) is 0 Å². The van der Waals surface area contributed by atoms with E-state index in [1.54, 1.807) is 0 Å². The van der Waals surface area contributed by atoms with E-state index >= 15 is 0 Å². The van der Waals surface area contributed by atoms with Crippen LogP contribution in [0.5, 0.6) is 0 Å². The summed E-state index contributed by atoms with van der Waals surface area (Å²) in [5, 5.41) is 16.4. The number of aliphatic carboxylic acids is 1. The number of carboxylic acids is 1. The minimum absolute atomic E-state index is 0.0440. The molecule has 0 aliphatic rings. The monoisotopic (exact) mass is 463 g/mol. The van der Waals surface area contributed by atoms with Crippen LogP contribution in [0.4, 0.5) is 0 Å². The highest BCUT2D eigenvalue weighted by Crippen LogP contribution is 2.07. The molecular weight excluding hydrogens is 430 g/mol. The molecule has 182 valence electrons. The van der Waals surface area contributed by atoms with E-state index in [9.17, 15) is 24.0 Å². The second-order valence-corrected chi connectivity index (χ2v) is 8.29. The first-order valence-electron chi connectivity index (χ1n) is 10.6. The van der Waals surface area contributed by atoms with Crippen LogP contribution in [-0.2, 0) is 30.4 Å². The van der Waals surface area contributed by atoms with Gasteiger partial charge in [-0.3, -0.25) is 19.2 Å². The van der Waals surface area contributed by atoms with Crippen LogP contribution in [0.1, 0.15) is 39.2 Å². The van der Waals surface area contributed by atoms with Gasteiger partial charge in [0, 0.05) is 0 Å². The Hall–Kier alpha value is -3.47. The van der Waals surface area contributed by atoms with Gasteiger partial charge in [-0.1, -0.05) is 44.2 Å². The summed E-state index contributed by atoms with van der Waals surface area (Å²) in [4.78, 5) is 59.8. The Morgan fingerprint density at radius 3 is 1.97 bits per heavy atom. The van der Waals surface area contributed by atoms with E-state index in [2.05, 4.69) is 16.0 Å². The summed E-state index contributed by atoms with van der Waals surface area (Å²) in [6.07, 6.45) is -0.00555. The van der Waals surface area contributed by atoms with Gasteiger partial charge in [-0.15, -0.1) is 0 Å². The molecule has 0 heterocycles. The van der Waals surface area contributed by atoms with Crippen molar-refractivity contribution in [2.45, 2.75) is 64.2 Å². The van der Waals surface area contributed by atoms with Crippen molar-refractivity contribution in [3.63, 3.8) is 0 Å². The Labute approximate surface area is 192 Å². The molecule has 4 amide bonds. The third-order valence-electron chi connectivity index (χ3n) is 4.75. The Morgan fingerprint density at radius 2 is 1.45 bits per heavy atom. The molecule has 4 atom stereocenters. The lowest BCUT2D eigenvalue weighted by molar-refractivity contribution is -0.143. The van der Waals surface area contributed by atoms with E-state index in [-0.39, 0.29) is 12.3 Å². The number of carbonyl (C=O) groups is 5. The van der Waals surface area contributed by atoms with Crippen molar-refractivity contribution in [2.75, 3.05) is 0 Å². The van der Waals surface area contributed by atoms with Crippen molar-refractivity contribution in [1.82, 2.24) is 16.0 Å². The van der Waals surface area contributed by atoms with Crippen molar-refractivity contribution in [2.24, 2.45) is 17.4 Å². The summed E-state index contributed by atoms with van der Waals surface area (Å²) in [7, 11) is 0. The molecule has 0 fully saturated rings. The summed E-state index contributed by atoms with van der Waals surface area (Å²) < 4.78 is 0. The zero-order chi connectivity index (χ0) is 25.1. The number of hydrogen-bond donors (Lipinski definition) is 6. The molecular formula is C22H33N5O6.